The largest absolute Gasteiger partial charge is 0.478 e. The highest BCUT2D eigenvalue weighted by atomic mass is 16.5. The first-order chi connectivity index (χ1) is 11.2. The minimum atomic E-state index is -0.0155. The second-order valence-electron chi connectivity index (χ2n) is 5.58. The third-order valence-electron chi connectivity index (χ3n) is 3.89. The number of carbonyl (C=O) groups is 1. The lowest BCUT2D eigenvalue weighted by atomic mass is 9.97. The molecule has 3 heterocycles. The number of ether oxygens (including phenoxy) is 1. The summed E-state index contributed by atoms with van der Waals surface area (Å²) < 4.78 is 10.4. The molecule has 1 aliphatic rings. The van der Waals surface area contributed by atoms with Gasteiger partial charge in [0.05, 0.1) is 6.61 Å². The number of rotatable bonds is 4. The Kier molecular flexibility index (Phi) is 4.55. The van der Waals surface area contributed by atoms with Crippen molar-refractivity contribution in [1.29, 1.82) is 0 Å². The highest BCUT2D eigenvalue weighted by Gasteiger charge is 2.28. The lowest BCUT2D eigenvalue weighted by Gasteiger charge is -2.31. The molecule has 0 aromatic carbocycles. The molecule has 2 aromatic rings. The topological polar surface area (TPSA) is 81.4 Å². The molecule has 122 valence electrons. The van der Waals surface area contributed by atoms with Crippen LogP contribution in [0.5, 0.6) is 5.88 Å². The molecule has 0 saturated carbocycles. The number of nitrogens with zero attached hydrogens (tertiary/aromatic N) is 4. The van der Waals surface area contributed by atoms with Crippen molar-refractivity contribution in [3.8, 4) is 5.88 Å². The Hall–Kier alpha value is -2.44. The van der Waals surface area contributed by atoms with Crippen LogP contribution in [-0.4, -0.2) is 45.6 Å². The third kappa shape index (κ3) is 3.49. The lowest BCUT2D eigenvalue weighted by molar-refractivity contribution is 0.0703. The van der Waals surface area contributed by atoms with Gasteiger partial charge in [-0.15, -0.1) is 0 Å². The Morgan fingerprint density at radius 1 is 1.52 bits per heavy atom. The van der Waals surface area contributed by atoms with E-state index in [1.165, 1.54) is 0 Å². The molecule has 23 heavy (non-hydrogen) atoms. The molecular weight excluding hydrogens is 296 g/mol. The van der Waals surface area contributed by atoms with Gasteiger partial charge in [0, 0.05) is 43.8 Å². The van der Waals surface area contributed by atoms with Crippen molar-refractivity contribution in [2.45, 2.75) is 32.6 Å². The maximum Gasteiger partial charge on any atom is 0.254 e. The third-order valence-corrected chi connectivity index (χ3v) is 3.89. The molecule has 0 N–H and O–H groups in total. The average molecular weight is 316 g/mol. The van der Waals surface area contributed by atoms with Gasteiger partial charge < -0.3 is 14.2 Å². The van der Waals surface area contributed by atoms with Gasteiger partial charge in [-0.2, -0.15) is 4.98 Å². The van der Waals surface area contributed by atoms with Crippen LogP contribution in [0.3, 0.4) is 0 Å². The number of carbonyl (C=O) groups excluding carboxylic acids is 1. The summed E-state index contributed by atoms with van der Waals surface area (Å²) in [6, 6.07) is 3.40. The van der Waals surface area contributed by atoms with E-state index < -0.39 is 0 Å². The number of hydrogen-bond acceptors (Lipinski definition) is 6. The zero-order valence-corrected chi connectivity index (χ0v) is 13.4. The number of aromatic nitrogens is 3. The fraction of sp³-hybridized carbons (Fsp3) is 0.500. The van der Waals surface area contributed by atoms with Gasteiger partial charge in [0.2, 0.25) is 11.8 Å². The van der Waals surface area contributed by atoms with Gasteiger partial charge in [-0.25, -0.2) is 4.98 Å². The van der Waals surface area contributed by atoms with Crippen LogP contribution in [0.25, 0.3) is 0 Å². The highest BCUT2D eigenvalue weighted by molar-refractivity contribution is 5.94. The maximum absolute atomic E-state index is 12.7. The van der Waals surface area contributed by atoms with Crippen molar-refractivity contribution in [2.75, 3.05) is 19.7 Å². The Labute approximate surface area is 134 Å². The number of aryl methyl sites for hydroxylation is 1. The van der Waals surface area contributed by atoms with Crippen molar-refractivity contribution < 1.29 is 14.1 Å². The summed E-state index contributed by atoms with van der Waals surface area (Å²) >= 11 is 0. The summed E-state index contributed by atoms with van der Waals surface area (Å²) in [6.45, 7) is 5.52. The average Bonchev–Trinajstić information content (AvgIpc) is 3.01. The monoisotopic (exact) mass is 316 g/mol. The summed E-state index contributed by atoms with van der Waals surface area (Å²) in [5.74, 6) is 1.82. The molecule has 7 nitrogen and oxygen atoms in total. The zero-order chi connectivity index (χ0) is 16.2. The fourth-order valence-corrected chi connectivity index (χ4v) is 2.80. The van der Waals surface area contributed by atoms with Gasteiger partial charge in [0.25, 0.3) is 5.91 Å². The molecular formula is C16H20N4O3. The van der Waals surface area contributed by atoms with Crippen molar-refractivity contribution in [3.63, 3.8) is 0 Å². The van der Waals surface area contributed by atoms with E-state index in [0.29, 0.717) is 36.3 Å². The van der Waals surface area contributed by atoms with Gasteiger partial charge in [-0.3, -0.25) is 4.79 Å². The second kappa shape index (κ2) is 6.76. The second-order valence-corrected chi connectivity index (χ2v) is 5.58. The Morgan fingerprint density at radius 2 is 2.39 bits per heavy atom. The van der Waals surface area contributed by atoms with Crippen LogP contribution in [0.2, 0.25) is 0 Å². The van der Waals surface area contributed by atoms with Gasteiger partial charge in [0.1, 0.15) is 0 Å². The molecule has 1 fully saturated rings. The number of amides is 1. The molecule has 7 heteroatoms. The predicted octanol–water partition coefficient (Wildman–Crippen LogP) is 2.19. The molecule has 1 saturated heterocycles. The van der Waals surface area contributed by atoms with E-state index in [1.54, 1.807) is 25.3 Å². The van der Waals surface area contributed by atoms with Crippen LogP contribution in [0.1, 0.15) is 47.8 Å². The Morgan fingerprint density at radius 3 is 3.13 bits per heavy atom. The number of likely N-dealkylation sites (tertiary alicyclic amines) is 1. The van der Waals surface area contributed by atoms with E-state index in [1.807, 2.05) is 11.8 Å². The molecule has 1 atom stereocenters. The molecule has 1 amide bonds. The van der Waals surface area contributed by atoms with E-state index in [-0.39, 0.29) is 11.8 Å². The summed E-state index contributed by atoms with van der Waals surface area (Å²) in [6.07, 6.45) is 3.49. The molecule has 0 radical (unpaired) electrons. The molecule has 2 aromatic heterocycles. The van der Waals surface area contributed by atoms with Crippen LogP contribution in [0.4, 0.5) is 0 Å². The van der Waals surface area contributed by atoms with Crippen molar-refractivity contribution in [3.05, 3.63) is 35.6 Å². The van der Waals surface area contributed by atoms with Gasteiger partial charge in [0.15, 0.2) is 5.82 Å². The van der Waals surface area contributed by atoms with Crippen LogP contribution in [0, 0.1) is 6.92 Å². The predicted molar refractivity (Wildman–Crippen MR) is 82.3 cm³/mol. The first kappa shape index (κ1) is 15.5. The Bertz CT molecular complexity index is 685. The number of pyridine rings is 1. The normalized spacial score (nSPS) is 18.0. The summed E-state index contributed by atoms with van der Waals surface area (Å²) in [5.41, 5.74) is 0.591. The fourth-order valence-electron chi connectivity index (χ4n) is 2.80. The molecule has 0 aliphatic carbocycles. The highest BCUT2D eigenvalue weighted by Crippen LogP contribution is 2.26. The minimum absolute atomic E-state index is 0.0155. The van der Waals surface area contributed by atoms with Crippen LogP contribution in [0.15, 0.2) is 22.9 Å². The van der Waals surface area contributed by atoms with Gasteiger partial charge in [-0.05, 0) is 25.8 Å². The van der Waals surface area contributed by atoms with Crippen molar-refractivity contribution in [2.24, 2.45) is 0 Å². The smallest absolute Gasteiger partial charge is 0.254 e. The van der Waals surface area contributed by atoms with E-state index in [0.717, 1.165) is 19.4 Å². The zero-order valence-electron chi connectivity index (χ0n) is 13.4. The number of hydrogen-bond donors (Lipinski definition) is 0. The minimum Gasteiger partial charge on any atom is -0.478 e. The van der Waals surface area contributed by atoms with E-state index >= 15 is 0 Å². The first-order valence-corrected chi connectivity index (χ1v) is 7.85. The molecule has 3 rings (SSSR count). The maximum atomic E-state index is 12.7. The standard InChI is InChI=1S/C16H20N4O3/c1-3-22-14-9-12(6-7-17-14)16(21)20-8-4-5-13(10-20)15-18-11(2)23-19-15/h6-7,9,13H,3-5,8,10H2,1-2H3. The number of piperidine rings is 1. The Balaban J connectivity index is 1.73. The van der Waals surface area contributed by atoms with Crippen LogP contribution in [-0.2, 0) is 0 Å². The SMILES string of the molecule is CCOc1cc(C(=O)N2CCCC(c3noc(C)n3)C2)ccn1. The molecule has 0 bridgehead atoms. The molecule has 1 unspecified atom stereocenters. The van der Waals surface area contributed by atoms with E-state index in [4.69, 9.17) is 9.26 Å². The van der Waals surface area contributed by atoms with Crippen molar-refractivity contribution in [1.82, 2.24) is 20.0 Å². The quantitative estimate of drug-likeness (QED) is 0.860. The summed E-state index contributed by atoms with van der Waals surface area (Å²) in [4.78, 5) is 22.9. The van der Waals surface area contributed by atoms with Crippen LogP contribution >= 0.6 is 0 Å². The summed E-state index contributed by atoms with van der Waals surface area (Å²) in [5, 5.41) is 3.99. The lowest BCUT2D eigenvalue weighted by Crippen LogP contribution is -2.39. The van der Waals surface area contributed by atoms with E-state index in [2.05, 4.69) is 15.1 Å². The van der Waals surface area contributed by atoms with Crippen LogP contribution < -0.4 is 4.74 Å². The molecule has 0 spiro atoms. The van der Waals surface area contributed by atoms with Gasteiger partial charge >= 0.3 is 0 Å². The van der Waals surface area contributed by atoms with Gasteiger partial charge in [-0.1, -0.05) is 5.16 Å². The van der Waals surface area contributed by atoms with E-state index in [9.17, 15) is 4.79 Å². The summed E-state index contributed by atoms with van der Waals surface area (Å²) in [7, 11) is 0. The van der Waals surface area contributed by atoms with Crippen molar-refractivity contribution >= 4 is 5.91 Å². The first-order valence-electron chi connectivity index (χ1n) is 7.85. The molecule has 1 aliphatic heterocycles.